The van der Waals surface area contributed by atoms with Gasteiger partial charge in [-0.1, -0.05) is 61.5 Å². The van der Waals surface area contributed by atoms with Crippen molar-refractivity contribution in [2.75, 3.05) is 0 Å². The molecule has 148 valence electrons. The third kappa shape index (κ3) is 5.99. The summed E-state index contributed by atoms with van der Waals surface area (Å²) in [5.41, 5.74) is 5.78. The maximum absolute atomic E-state index is 14.3. The van der Waals surface area contributed by atoms with Gasteiger partial charge in [-0.25, -0.2) is 4.39 Å². The number of aliphatic imine (C=N–C) groups is 1. The van der Waals surface area contributed by atoms with E-state index in [4.69, 9.17) is 0 Å². The normalized spacial score (nSPS) is 11.1. The van der Waals surface area contributed by atoms with Crippen molar-refractivity contribution in [3.05, 3.63) is 102 Å². The Morgan fingerprint density at radius 1 is 0.897 bits per heavy atom. The maximum atomic E-state index is 14.3. The first-order chi connectivity index (χ1) is 14.2. The van der Waals surface area contributed by atoms with Gasteiger partial charge in [0.25, 0.3) is 0 Å². The molecule has 0 heterocycles. The lowest BCUT2D eigenvalue weighted by Gasteiger charge is -2.06. The smallest absolute Gasteiger partial charge is 0.131 e. The fourth-order valence-corrected chi connectivity index (χ4v) is 3.28. The molecule has 1 nitrogen and oxygen atoms in total. The first kappa shape index (κ1) is 20.7. The first-order valence-corrected chi connectivity index (χ1v) is 10.3. The fourth-order valence-electron chi connectivity index (χ4n) is 3.28. The zero-order valence-corrected chi connectivity index (χ0v) is 17.1. The molecular weight excluding hydrogens is 357 g/mol. The number of hydrogen-bond acceptors (Lipinski definition) is 1. The van der Waals surface area contributed by atoms with Gasteiger partial charge in [0.1, 0.15) is 5.82 Å². The second-order valence-electron chi connectivity index (χ2n) is 7.25. The number of halogens is 1. The van der Waals surface area contributed by atoms with Crippen LogP contribution in [0, 0.1) is 5.82 Å². The summed E-state index contributed by atoms with van der Waals surface area (Å²) in [6, 6.07) is 21.7. The van der Waals surface area contributed by atoms with Crippen molar-refractivity contribution < 1.29 is 4.39 Å². The second-order valence-corrected chi connectivity index (χ2v) is 7.25. The molecule has 3 aromatic rings. The Balaban J connectivity index is 1.62. The molecule has 0 aliphatic heterocycles. The predicted molar refractivity (Wildman–Crippen MR) is 123 cm³/mol. The molecule has 0 amide bonds. The molecule has 0 radical (unpaired) electrons. The number of unbranched alkanes of at least 4 members (excludes halogenated alkanes) is 2. The Kier molecular flexibility index (Phi) is 7.52. The van der Waals surface area contributed by atoms with Gasteiger partial charge in [-0.2, -0.15) is 0 Å². The highest BCUT2D eigenvalue weighted by molar-refractivity contribution is 5.82. The molecular formula is C27H28FN. The minimum Gasteiger partial charge on any atom is -0.256 e. The Morgan fingerprint density at radius 3 is 2.28 bits per heavy atom. The highest BCUT2D eigenvalue weighted by Gasteiger charge is 2.05. The zero-order chi connectivity index (χ0) is 20.5. The van der Waals surface area contributed by atoms with E-state index in [0.717, 1.165) is 41.6 Å². The number of rotatable bonds is 9. The van der Waals surface area contributed by atoms with Gasteiger partial charge < -0.3 is 0 Å². The van der Waals surface area contributed by atoms with Gasteiger partial charge in [-0.05, 0) is 72.6 Å². The number of benzene rings is 3. The van der Waals surface area contributed by atoms with E-state index in [1.165, 1.54) is 18.4 Å². The van der Waals surface area contributed by atoms with Gasteiger partial charge >= 0.3 is 0 Å². The van der Waals surface area contributed by atoms with E-state index >= 15 is 0 Å². The minimum absolute atomic E-state index is 0.176. The summed E-state index contributed by atoms with van der Waals surface area (Å²) in [4.78, 5) is 4.55. The molecule has 0 aromatic heterocycles. The van der Waals surface area contributed by atoms with Crippen LogP contribution in [0.3, 0.4) is 0 Å². The summed E-state index contributed by atoms with van der Waals surface area (Å²) < 4.78 is 14.3. The molecule has 29 heavy (non-hydrogen) atoms. The Hall–Kier alpha value is -3.00. The Bertz CT molecular complexity index is 953. The molecule has 3 rings (SSSR count). The van der Waals surface area contributed by atoms with Crippen LogP contribution in [0.2, 0.25) is 0 Å². The molecule has 0 bridgehead atoms. The van der Waals surface area contributed by atoms with Gasteiger partial charge in [-0.3, -0.25) is 4.99 Å². The predicted octanol–water partition coefficient (Wildman–Crippen LogP) is 7.70. The summed E-state index contributed by atoms with van der Waals surface area (Å²) in [7, 11) is 0. The van der Waals surface area contributed by atoms with E-state index in [0.29, 0.717) is 5.56 Å². The van der Waals surface area contributed by atoms with Gasteiger partial charge in [0.2, 0.25) is 0 Å². The van der Waals surface area contributed by atoms with Crippen molar-refractivity contribution in [1.82, 2.24) is 0 Å². The number of allylic oxidation sites excluding steroid dienone is 1. The molecule has 0 unspecified atom stereocenters. The topological polar surface area (TPSA) is 12.4 Å². The fraction of sp³-hybridized carbons (Fsp3) is 0.222. The van der Waals surface area contributed by atoms with Crippen molar-refractivity contribution in [1.29, 1.82) is 0 Å². The average molecular weight is 386 g/mol. The standard InChI is InChI=1S/C27H28FN/c1-3-5-6-7-8-22-9-11-23(12-10-22)20-29-25-16-14-24(15-17-25)26-18-13-21(4-2)19-27(26)28/h3,9-20H,1,4-8H2,2H3. The Morgan fingerprint density at radius 2 is 1.62 bits per heavy atom. The summed E-state index contributed by atoms with van der Waals surface area (Å²) in [5, 5.41) is 0. The minimum atomic E-state index is -0.176. The van der Waals surface area contributed by atoms with E-state index in [1.807, 2.05) is 55.6 Å². The van der Waals surface area contributed by atoms with Crippen LogP contribution >= 0.6 is 0 Å². The highest BCUT2D eigenvalue weighted by atomic mass is 19.1. The third-order valence-corrected chi connectivity index (χ3v) is 5.09. The van der Waals surface area contributed by atoms with E-state index < -0.39 is 0 Å². The maximum Gasteiger partial charge on any atom is 0.131 e. The van der Waals surface area contributed by atoms with Crippen molar-refractivity contribution in [2.24, 2.45) is 4.99 Å². The molecule has 0 aliphatic rings. The lowest BCUT2D eigenvalue weighted by Crippen LogP contribution is -1.88. The largest absolute Gasteiger partial charge is 0.256 e. The van der Waals surface area contributed by atoms with Crippen LogP contribution in [0.4, 0.5) is 10.1 Å². The molecule has 0 N–H and O–H groups in total. The molecule has 0 fully saturated rings. The lowest BCUT2D eigenvalue weighted by molar-refractivity contribution is 0.629. The van der Waals surface area contributed by atoms with Crippen molar-refractivity contribution in [3.63, 3.8) is 0 Å². The van der Waals surface area contributed by atoms with Crippen LogP contribution in [-0.2, 0) is 12.8 Å². The van der Waals surface area contributed by atoms with E-state index in [-0.39, 0.29) is 5.82 Å². The van der Waals surface area contributed by atoms with Crippen LogP contribution in [-0.4, -0.2) is 6.21 Å². The summed E-state index contributed by atoms with van der Waals surface area (Å²) in [6.45, 7) is 5.79. The monoisotopic (exact) mass is 385 g/mol. The van der Waals surface area contributed by atoms with Crippen LogP contribution < -0.4 is 0 Å². The van der Waals surface area contributed by atoms with Crippen molar-refractivity contribution in [2.45, 2.75) is 39.0 Å². The van der Waals surface area contributed by atoms with Gasteiger partial charge in [0.15, 0.2) is 0 Å². The molecule has 0 spiro atoms. The van der Waals surface area contributed by atoms with Crippen LogP contribution in [0.25, 0.3) is 11.1 Å². The van der Waals surface area contributed by atoms with Crippen LogP contribution in [0.1, 0.15) is 42.9 Å². The van der Waals surface area contributed by atoms with Gasteiger partial charge in [0, 0.05) is 11.8 Å². The molecule has 0 saturated carbocycles. The van der Waals surface area contributed by atoms with E-state index in [9.17, 15) is 4.39 Å². The number of aryl methyl sites for hydroxylation is 2. The summed E-state index contributed by atoms with van der Waals surface area (Å²) >= 11 is 0. The summed E-state index contributed by atoms with van der Waals surface area (Å²) in [5.74, 6) is -0.176. The van der Waals surface area contributed by atoms with Crippen LogP contribution in [0.15, 0.2) is 84.4 Å². The number of nitrogens with zero attached hydrogens (tertiary/aromatic N) is 1. The third-order valence-electron chi connectivity index (χ3n) is 5.09. The lowest BCUT2D eigenvalue weighted by atomic mass is 10.0. The Labute approximate surface area is 173 Å². The second kappa shape index (κ2) is 10.5. The molecule has 0 aliphatic carbocycles. The van der Waals surface area contributed by atoms with Gasteiger partial charge in [0.05, 0.1) is 5.69 Å². The average Bonchev–Trinajstić information content (AvgIpc) is 2.76. The quantitative estimate of drug-likeness (QED) is 0.203. The molecule has 0 atom stereocenters. The van der Waals surface area contributed by atoms with Crippen LogP contribution in [0.5, 0.6) is 0 Å². The number of hydrogen-bond donors (Lipinski definition) is 0. The summed E-state index contributed by atoms with van der Waals surface area (Å²) in [6.07, 6.45) is 9.24. The van der Waals surface area contributed by atoms with Crippen molar-refractivity contribution >= 4 is 11.9 Å². The highest BCUT2D eigenvalue weighted by Crippen LogP contribution is 2.26. The first-order valence-electron chi connectivity index (χ1n) is 10.3. The van der Waals surface area contributed by atoms with Gasteiger partial charge in [-0.15, -0.1) is 6.58 Å². The molecule has 3 aromatic carbocycles. The zero-order valence-electron chi connectivity index (χ0n) is 17.1. The van der Waals surface area contributed by atoms with E-state index in [1.54, 1.807) is 6.07 Å². The SMILES string of the molecule is C=CCCCCc1ccc(C=Nc2ccc(-c3ccc(CC)cc3F)cc2)cc1. The molecule has 0 saturated heterocycles. The molecule has 2 heteroatoms. The van der Waals surface area contributed by atoms with Crippen molar-refractivity contribution in [3.8, 4) is 11.1 Å². The van der Waals surface area contributed by atoms with E-state index in [2.05, 4.69) is 35.8 Å².